The van der Waals surface area contributed by atoms with Gasteiger partial charge in [0.25, 0.3) is 0 Å². The third kappa shape index (κ3) is 3.84. The van der Waals surface area contributed by atoms with Gasteiger partial charge in [-0.2, -0.15) is 0 Å². The van der Waals surface area contributed by atoms with Gasteiger partial charge in [-0.3, -0.25) is 0 Å². The van der Waals surface area contributed by atoms with Crippen molar-refractivity contribution in [2.75, 3.05) is 13.2 Å². The van der Waals surface area contributed by atoms with E-state index in [4.69, 9.17) is 16.3 Å². The highest BCUT2D eigenvalue weighted by molar-refractivity contribution is 9.10. The Morgan fingerprint density at radius 2 is 2.28 bits per heavy atom. The maximum atomic E-state index is 13.3. The summed E-state index contributed by atoms with van der Waals surface area (Å²) < 4.78 is 19.4. The molecule has 1 fully saturated rings. The Hall–Kier alpha value is -0.320. The molecular weight excluding hydrogens is 321 g/mol. The van der Waals surface area contributed by atoms with E-state index < -0.39 is 5.82 Å². The van der Waals surface area contributed by atoms with Crippen molar-refractivity contribution in [3.63, 3.8) is 0 Å². The molecule has 1 unspecified atom stereocenters. The fourth-order valence-electron chi connectivity index (χ4n) is 1.83. The van der Waals surface area contributed by atoms with Gasteiger partial charge in [0.15, 0.2) is 0 Å². The molecule has 1 N–H and O–H groups in total. The molecule has 1 aliphatic rings. The first-order valence-electron chi connectivity index (χ1n) is 6.08. The molecule has 1 saturated carbocycles. The van der Waals surface area contributed by atoms with Gasteiger partial charge >= 0.3 is 0 Å². The van der Waals surface area contributed by atoms with Crippen molar-refractivity contribution < 1.29 is 9.13 Å². The molecule has 0 heterocycles. The van der Waals surface area contributed by atoms with Crippen LogP contribution in [0.5, 0.6) is 5.75 Å². The van der Waals surface area contributed by atoms with E-state index in [2.05, 4.69) is 28.2 Å². The lowest BCUT2D eigenvalue weighted by Crippen LogP contribution is -2.31. The highest BCUT2D eigenvalue weighted by Gasteiger charge is 2.27. The summed E-state index contributed by atoms with van der Waals surface area (Å²) in [5.41, 5.74) is 0. The van der Waals surface area contributed by atoms with E-state index in [0.717, 1.165) is 12.5 Å². The summed E-state index contributed by atoms with van der Waals surface area (Å²) in [4.78, 5) is 0. The molecule has 0 bridgehead atoms. The lowest BCUT2D eigenvalue weighted by Gasteiger charge is -2.14. The highest BCUT2D eigenvalue weighted by atomic mass is 79.9. The van der Waals surface area contributed by atoms with E-state index in [1.807, 2.05) is 0 Å². The van der Waals surface area contributed by atoms with Gasteiger partial charge in [0.1, 0.15) is 18.2 Å². The maximum absolute atomic E-state index is 13.3. The normalized spacial score (nSPS) is 16.7. The Kier molecular flexibility index (Phi) is 4.87. The fourth-order valence-corrected chi connectivity index (χ4v) is 2.58. The number of hydrogen-bond donors (Lipinski definition) is 1. The van der Waals surface area contributed by atoms with Gasteiger partial charge in [-0.25, -0.2) is 4.39 Å². The number of rotatable bonds is 6. The van der Waals surface area contributed by atoms with Crippen molar-refractivity contribution in [1.82, 2.24) is 5.32 Å². The molecule has 18 heavy (non-hydrogen) atoms. The van der Waals surface area contributed by atoms with Crippen LogP contribution in [0.15, 0.2) is 16.6 Å². The van der Waals surface area contributed by atoms with E-state index in [9.17, 15) is 4.39 Å². The van der Waals surface area contributed by atoms with Crippen molar-refractivity contribution >= 4 is 27.5 Å². The van der Waals surface area contributed by atoms with Crippen molar-refractivity contribution in [3.05, 3.63) is 27.4 Å². The van der Waals surface area contributed by atoms with Gasteiger partial charge in [-0.15, -0.1) is 0 Å². The number of halogens is 3. The summed E-state index contributed by atoms with van der Waals surface area (Å²) in [6.07, 6.45) is 2.64. The molecule has 5 heteroatoms. The molecule has 100 valence electrons. The molecule has 1 aromatic carbocycles. The van der Waals surface area contributed by atoms with Crippen LogP contribution in [-0.4, -0.2) is 19.2 Å². The molecular formula is C13H16BrClFNO. The van der Waals surface area contributed by atoms with Crippen LogP contribution in [0.4, 0.5) is 4.39 Å². The molecule has 1 aliphatic carbocycles. The third-order valence-corrected chi connectivity index (χ3v) is 4.04. The van der Waals surface area contributed by atoms with Crippen molar-refractivity contribution in [3.8, 4) is 5.75 Å². The first kappa shape index (κ1) is 14.1. The minimum Gasteiger partial charge on any atom is -0.491 e. The van der Waals surface area contributed by atoms with E-state index in [-0.39, 0.29) is 5.02 Å². The van der Waals surface area contributed by atoms with Crippen LogP contribution < -0.4 is 10.1 Å². The summed E-state index contributed by atoms with van der Waals surface area (Å²) in [5.74, 6) is 0.844. The zero-order chi connectivity index (χ0) is 13.1. The van der Waals surface area contributed by atoms with Gasteiger partial charge < -0.3 is 10.1 Å². The summed E-state index contributed by atoms with van der Waals surface area (Å²) in [5, 5.41) is 3.49. The van der Waals surface area contributed by atoms with E-state index >= 15 is 0 Å². The van der Waals surface area contributed by atoms with E-state index in [1.165, 1.54) is 25.0 Å². The van der Waals surface area contributed by atoms with Crippen LogP contribution >= 0.6 is 27.5 Å². The second-order valence-corrected chi connectivity index (χ2v) is 5.89. The molecule has 2 rings (SSSR count). The number of ether oxygens (including phenoxy) is 1. The highest BCUT2D eigenvalue weighted by Crippen LogP contribution is 2.32. The average Bonchev–Trinajstić information content (AvgIpc) is 3.14. The standard InChI is InChI=1S/C13H16BrClFNO/c1-8(9-2-3-9)17-4-5-18-13-7-12(16)11(15)6-10(13)14/h6-9,17H,2-5H2,1H3. The maximum Gasteiger partial charge on any atom is 0.145 e. The summed E-state index contributed by atoms with van der Waals surface area (Å²) in [6, 6.07) is 3.35. The average molecular weight is 337 g/mol. The largest absolute Gasteiger partial charge is 0.491 e. The minimum absolute atomic E-state index is 0.0923. The van der Waals surface area contributed by atoms with E-state index in [0.29, 0.717) is 22.9 Å². The monoisotopic (exact) mass is 335 g/mol. The molecule has 0 saturated heterocycles. The first-order chi connectivity index (χ1) is 8.58. The topological polar surface area (TPSA) is 21.3 Å². The third-order valence-electron chi connectivity index (χ3n) is 3.13. The second kappa shape index (κ2) is 6.22. The van der Waals surface area contributed by atoms with Crippen LogP contribution in [0.2, 0.25) is 5.02 Å². The van der Waals surface area contributed by atoms with Crippen LogP contribution in [0.25, 0.3) is 0 Å². The Balaban J connectivity index is 1.77. The Morgan fingerprint density at radius 1 is 1.56 bits per heavy atom. The predicted octanol–water partition coefficient (Wildman–Crippen LogP) is 4.01. The van der Waals surface area contributed by atoms with Gasteiger partial charge in [0.2, 0.25) is 0 Å². The van der Waals surface area contributed by atoms with Crippen LogP contribution in [0, 0.1) is 11.7 Å². The molecule has 0 amide bonds. The second-order valence-electron chi connectivity index (χ2n) is 4.63. The molecule has 2 nitrogen and oxygen atoms in total. The van der Waals surface area contributed by atoms with Crippen molar-refractivity contribution in [2.24, 2.45) is 5.92 Å². The van der Waals surface area contributed by atoms with Crippen LogP contribution in [-0.2, 0) is 0 Å². The molecule has 1 aromatic rings. The minimum atomic E-state index is -0.464. The van der Waals surface area contributed by atoms with Crippen LogP contribution in [0.1, 0.15) is 19.8 Å². The zero-order valence-electron chi connectivity index (χ0n) is 10.2. The predicted molar refractivity (Wildman–Crippen MR) is 74.8 cm³/mol. The lowest BCUT2D eigenvalue weighted by molar-refractivity contribution is 0.300. The number of benzene rings is 1. The van der Waals surface area contributed by atoms with Gasteiger partial charge in [0, 0.05) is 18.7 Å². The summed E-state index contributed by atoms with van der Waals surface area (Å²) in [7, 11) is 0. The molecule has 0 radical (unpaired) electrons. The van der Waals surface area contributed by atoms with Gasteiger partial charge in [-0.1, -0.05) is 11.6 Å². The summed E-state index contributed by atoms with van der Waals surface area (Å²) >= 11 is 8.96. The zero-order valence-corrected chi connectivity index (χ0v) is 12.5. The Morgan fingerprint density at radius 3 is 2.94 bits per heavy atom. The Bertz CT molecular complexity index is 426. The van der Waals surface area contributed by atoms with Gasteiger partial charge in [0.05, 0.1) is 9.50 Å². The lowest BCUT2D eigenvalue weighted by atomic mass is 10.2. The van der Waals surface area contributed by atoms with Crippen molar-refractivity contribution in [1.29, 1.82) is 0 Å². The quantitative estimate of drug-likeness (QED) is 0.626. The SMILES string of the molecule is CC(NCCOc1cc(F)c(Cl)cc1Br)C1CC1. The first-order valence-corrected chi connectivity index (χ1v) is 7.25. The fraction of sp³-hybridized carbons (Fsp3) is 0.538. The van der Waals surface area contributed by atoms with Gasteiger partial charge in [-0.05, 0) is 47.7 Å². The molecule has 0 aliphatic heterocycles. The molecule has 0 aromatic heterocycles. The summed E-state index contributed by atoms with van der Waals surface area (Å²) in [6.45, 7) is 3.46. The Labute approximate surface area is 120 Å². The molecule has 1 atom stereocenters. The number of nitrogens with one attached hydrogen (secondary N) is 1. The van der Waals surface area contributed by atoms with Crippen molar-refractivity contribution in [2.45, 2.75) is 25.8 Å². The molecule has 0 spiro atoms. The van der Waals surface area contributed by atoms with E-state index in [1.54, 1.807) is 0 Å². The van der Waals surface area contributed by atoms with Crippen LogP contribution in [0.3, 0.4) is 0 Å². The smallest absolute Gasteiger partial charge is 0.145 e. The number of hydrogen-bond acceptors (Lipinski definition) is 2.